The normalized spacial score (nSPS) is 18.3. The van der Waals surface area contributed by atoms with E-state index in [2.05, 4.69) is 40.8 Å². The summed E-state index contributed by atoms with van der Waals surface area (Å²) in [4.78, 5) is 2.52. The van der Waals surface area contributed by atoms with E-state index in [-0.39, 0.29) is 0 Å². The molecular weight excluding hydrogens is 362 g/mol. The van der Waals surface area contributed by atoms with Crippen LogP contribution in [0.1, 0.15) is 33.1 Å². The van der Waals surface area contributed by atoms with Crippen LogP contribution >= 0.6 is 15.9 Å². The molecule has 1 aliphatic heterocycles. The third kappa shape index (κ3) is 4.43. The highest BCUT2D eigenvalue weighted by molar-refractivity contribution is 9.11. The molecule has 0 aromatic heterocycles. The van der Waals surface area contributed by atoms with Crippen molar-refractivity contribution in [3.8, 4) is 0 Å². The molecule has 0 aliphatic carbocycles. The molecule has 0 bridgehead atoms. The Bertz CT molecular complexity index is 611. The van der Waals surface area contributed by atoms with Crippen LogP contribution < -0.4 is 0 Å². The fourth-order valence-electron chi connectivity index (χ4n) is 2.75. The highest BCUT2D eigenvalue weighted by atomic mass is 79.9. The minimum atomic E-state index is -3.34. The predicted octanol–water partition coefficient (Wildman–Crippen LogP) is 4.21. The number of nitrogens with zero attached hydrogens (tertiary/aromatic N) is 1. The van der Waals surface area contributed by atoms with Gasteiger partial charge in [0.2, 0.25) is 0 Å². The van der Waals surface area contributed by atoms with Gasteiger partial charge in [-0.1, -0.05) is 54.1 Å². The van der Waals surface area contributed by atoms with Crippen molar-refractivity contribution in [3.05, 3.63) is 40.9 Å². The minimum Gasteiger partial charge on any atom is -0.282 e. The van der Waals surface area contributed by atoms with Crippen LogP contribution in [0.15, 0.2) is 45.8 Å². The number of halogens is 1. The van der Waals surface area contributed by atoms with Crippen molar-refractivity contribution in [1.82, 2.24) is 4.90 Å². The second-order valence-electron chi connectivity index (χ2n) is 6.19. The third-order valence-corrected chi connectivity index (χ3v) is 6.72. The Morgan fingerprint density at radius 3 is 2.45 bits per heavy atom. The molecular formula is C17H24BrNO2S. The third-order valence-electron chi connectivity index (χ3n) is 3.96. The Labute approximate surface area is 142 Å². The van der Waals surface area contributed by atoms with E-state index in [1.165, 1.54) is 0 Å². The van der Waals surface area contributed by atoms with Crippen LogP contribution in [0.5, 0.6) is 0 Å². The number of rotatable bonds is 6. The van der Waals surface area contributed by atoms with Gasteiger partial charge in [-0.05, 0) is 37.3 Å². The summed E-state index contributed by atoms with van der Waals surface area (Å²) < 4.78 is 27.2. The number of hydrogen-bond donors (Lipinski definition) is 0. The first-order valence-electron chi connectivity index (χ1n) is 7.79. The molecule has 1 atom stereocenters. The van der Waals surface area contributed by atoms with Crippen LogP contribution in [0, 0.1) is 5.92 Å². The summed E-state index contributed by atoms with van der Waals surface area (Å²) in [5, 5.41) is -0.446. The lowest BCUT2D eigenvalue weighted by molar-refractivity contribution is 0.249. The summed E-state index contributed by atoms with van der Waals surface area (Å²) in [7, 11) is -3.34. The van der Waals surface area contributed by atoms with Crippen molar-refractivity contribution in [1.29, 1.82) is 0 Å². The van der Waals surface area contributed by atoms with E-state index in [1.54, 1.807) is 24.3 Å². The van der Waals surface area contributed by atoms with E-state index in [9.17, 15) is 8.42 Å². The van der Waals surface area contributed by atoms with E-state index in [1.807, 2.05) is 6.07 Å². The summed E-state index contributed by atoms with van der Waals surface area (Å²) in [5.74, 6) is 0.497. The van der Waals surface area contributed by atoms with Gasteiger partial charge in [0.1, 0.15) is 5.37 Å². The molecule has 0 amide bonds. The van der Waals surface area contributed by atoms with Crippen LogP contribution in [0.3, 0.4) is 0 Å². The molecule has 122 valence electrons. The summed E-state index contributed by atoms with van der Waals surface area (Å²) in [6.45, 7) is 5.75. The van der Waals surface area contributed by atoms with E-state index in [4.69, 9.17) is 0 Å². The summed E-state index contributed by atoms with van der Waals surface area (Å²) in [5.41, 5.74) is 0. The quantitative estimate of drug-likeness (QED) is 0.735. The topological polar surface area (TPSA) is 37.4 Å². The first-order valence-corrected chi connectivity index (χ1v) is 10.1. The lowest BCUT2D eigenvalue weighted by Gasteiger charge is -2.33. The van der Waals surface area contributed by atoms with Gasteiger partial charge < -0.3 is 0 Å². The van der Waals surface area contributed by atoms with E-state index < -0.39 is 15.2 Å². The van der Waals surface area contributed by atoms with Gasteiger partial charge in [-0.25, -0.2) is 8.42 Å². The average molecular weight is 386 g/mol. The molecule has 1 unspecified atom stereocenters. The smallest absolute Gasteiger partial charge is 0.194 e. The molecule has 0 spiro atoms. The molecule has 3 nitrogen and oxygen atoms in total. The molecule has 2 rings (SSSR count). The van der Waals surface area contributed by atoms with Crippen molar-refractivity contribution in [2.24, 2.45) is 5.92 Å². The Kier molecular flexibility index (Phi) is 6.24. The lowest BCUT2D eigenvalue weighted by Crippen LogP contribution is -2.43. The highest BCUT2D eigenvalue weighted by Crippen LogP contribution is 2.27. The minimum absolute atomic E-state index is 0.425. The number of hydrogen-bond acceptors (Lipinski definition) is 3. The Balaban J connectivity index is 2.29. The number of benzene rings is 1. The van der Waals surface area contributed by atoms with Gasteiger partial charge in [0.05, 0.1) is 4.90 Å². The first kappa shape index (κ1) is 17.7. The standard InChI is InChI=1S/C17H24BrNO2S/c1-14(2)10-11-17(19-12-6-7-15(18)13-19)22(20,21)16-8-4-3-5-9-16/h3-5,7-9,14,17H,6,10-13H2,1-2H3. The number of sulfone groups is 1. The molecule has 1 aliphatic rings. The van der Waals surface area contributed by atoms with E-state index in [0.717, 1.165) is 23.9 Å². The molecule has 1 aromatic carbocycles. The molecule has 0 radical (unpaired) electrons. The monoisotopic (exact) mass is 385 g/mol. The van der Waals surface area contributed by atoms with Crippen LogP contribution in [-0.4, -0.2) is 31.8 Å². The van der Waals surface area contributed by atoms with Gasteiger partial charge >= 0.3 is 0 Å². The fourth-order valence-corrected chi connectivity index (χ4v) is 5.17. The summed E-state index contributed by atoms with van der Waals surface area (Å²) in [6.07, 6.45) is 4.61. The maximum Gasteiger partial charge on any atom is 0.194 e. The van der Waals surface area contributed by atoms with Gasteiger partial charge in [-0.2, -0.15) is 0 Å². The van der Waals surface area contributed by atoms with Crippen molar-refractivity contribution >= 4 is 25.8 Å². The lowest BCUT2D eigenvalue weighted by atomic mass is 10.1. The van der Waals surface area contributed by atoms with Crippen molar-refractivity contribution in [2.75, 3.05) is 13.1 Å². The van der Waals surface area contributed by atoms with Crippen LogP contribution in [-0.2, 0) is 9.84 Å². The highest BCUT2D eigenvalue weighted by Gasteiger charge is 2.33. The molecule has 1 aromatic rings. The molecule has 0 saturated carbocycles. The molecule has 0 saturated heterocycles. The van der Waals surface area contributed by atoms with E-state index >= 15 is 0 Å². The maximum absolute atomic E-state index is 13.1. The van der Waals surface area contributed by atoms with Crippen molar-refractivity contribution in [2.45, 2.75) is 43.4 Å². The first-order chi connectivity index (χ1) is 10.4. The zero-order valence-corrected chi connectivity index (χ0v) is 15.6. The maximum atomic E-state index is 13.1. The molecule has 0 N–H and O–H groups in total. The Morgan fingerprint density at radius 2 is 1.86 bits per heavy atom. The molecule has 22 heavy (non-hydrogen) atoms. The van der Waals surface area contributed by atoms with Crippen LogP contribution in [0.2, 0.25) is 0 Å². The largest absolute Gasteiger partial charge is 0.282 e. The fraction of sp³-hybridized carbons (Fsp3) is 0.529. The summed E-state index contributed by atoms with van der Waals surface area (Å²) in [6, 6.07) is 8.83. The van der Waals surface area contributed by atoms with Gasteiger partial charge in [0.25, 0.3) is 0 Å². The average Bonchev–Trinajstić information content (AvgIpc) is 2.48. The second kappa shape index (κ2) is 7.75. The Hall–Kier alpha value is -0.650. The van der Waals surface area contributed by atoms with Crippen molar-refractivity contribution < 1.29 is 8.42 Å². The second-order valence-corrected chi connectivity index (χ2v) is 9.32. The molecule has 5 heteroatoms. The molecule has 1 heterocycles. The van der Waals surface area contributed by atoms with Gasteiger partial charge in [-0.3, -0.25) is 4.90 Å². The van der Waals surface area contributed by atoms with Gasteiger partial charge in [-0.15, -0.1) is 0 Å². The van der Waals surface area contributed by atoms with E-state index in [0.29, 0.717) is 23.8 Å². The van der Waals surface area contributed by atoms with Gasteiger partial charge in [0, 0.05) is 17.6 Å². The zero-order chi connectivity index (χ0) is 16.2. The predicted molar refractivity (Wildman–Crippen MR) is 94.7 cm³/mol. The molecule has 0 fully saturated rings. The SMILES string of the molecule is CC(C)CCC(N1CCC=C(Br)C1)S(=O)(=O)c1ccccc1. The van der Waals surface area contributed by atoms with Gasteiger partial charge in [0.15, 0.2) is 9.84 Å². The van der Waals surface area contributed by atoms with Crippen LogP contribution in [0.4, 0.5) is 0 Å². The summed E-state index contributed by atoms with van der Waals surface area (Å²) >= 11 is 3.52. The Morgan fingerprint density at radius 1 is 1.18 bits per heavy atom. The van der Waals surface area contributed by atoms with Crippen LogP contribution in [0.25, 0.3) is 0 Å². The van der Waals surface area contributed by atoms with Crippen molar-refractivity contribution in [3.63, 3.8) is 0 Å². The zero-order valence-electron chi connectivity index (χ0n) is 13.2.